The van der Waals surface area contributed by atoms with Crippen molar-refractivity contribution < 1.29 is 14.7 Å². The topological polar surface area (TPSA) is 101 Å². The van der Waals surface area contributed by atoms with Gasteiger partial charge in [0, 0.05) is 23.3 Å². The molecular formula is C17H21N3O4S. The molecule has 2 N–H and O–H groups in total. The van der Waals surface area contributed by atoms with Gasteiger partial charge in [-0.15, -0.1) is 11.3 Å². The Morgan fingerprint density at radius 2 is 2.00 bits per heavy atom. The number of amides is 1. The lowest BCUT2D eigenvalue weighted by Gasteiger charge is -2.27. The zero-order chi connectivity index (χ0) is 18.0. The van der Waals surface area contributed by atoms with Crippen molar-refractivity contribution in [3.8, 4) is 0 Å². The first-order chi connectivity index (χ1) is 12.0. The number of carboxylic acid groups (broad SMARTS) is 1. The van der Waals surface area contributed by atoms with Gasteiger partial charge in [0.15, 0.2) is 4.96 Å². The van der Waals surface area contributed by atoms with Crippen molar-refractivity contribution in [2.75, 3.05) is 0 Å². The second-order valence-electron chi connectivity index (χ2n) is 6.49. The third-order valence-corrected chi connectivity index (χ3v) is 5.72. The fourth-order valence-corrected chi connectivity index (χ4v) is 4.21. The molecule has 0 aliphatic heterocycles. The van der Waals surface area contributed by atoms with Crippen LogP contribution in [0.4, 0.5) is 0 Å². The Bertz CT molecular complexity index is 857. The van der Waals surface area contributed by atoms with Gasteiger partial charge in [-0.05, 0) is 19.8 Å². The lowest BCUT2D eigenvalue weighted by atomic mass is 9.86. The highest BCUT2D eigenvalue weighted by molar-refractivity contribution is 7.15. The quantitative estimate of drug-likeness (QED) is 0.871. The molecule has 2 atom stereocenters. The van der Waals surface area contributed by atoms with E-state index in [2.05, 4.69) is 10.3 Å². The Labute approximate surface area is 148 Å². The van der Waals surface area contributed by atoms with Crippen molar-refractivity contribution in [1.29, 1.82) is 0 Å². The van der Waals surface area contributed by atoms with Crippen molar-refractivity contribution in [3.63, 3.8) is 0 Å². The minimum absolute atomic E-state index is 0.0507. The number of aliphatic carboxylic acids is 1. The summed E-state index contributed by atoms with van der Waals surface area (Å²) in [4.78, 5) is 41.5. The fraction of sp³-hybridized carbons (Fsp3) is 0.529. The van der Waals surface area contributed by atoms with Gasteiger partial charge in [0.25, 0.3) is 11.5 Å². The smallest absolute Gasteiger partial charge is 0.308 e. The molecule has 2 unspecified atom stereocenters. The number of carbonyl (C=O) groups excluding carboxylic acids is 1. The number of hydrogen-bond donors (Lipinski definition) is 2. The van der Waals surface area contributed by atoms with E-state index in [-0.39, 0.29) is 5.56 Å². The molecule has 2 heterocycles. The zero-order valence-corrected chi connectivity index (χ0v) is 14.8. The van der Waals surface area contributed by atoms with Crippen LogP contribution in [-0.4, -0.2) is 32.4 Å². The Morgan fingerprint density at radius 3 is 2.72 bits per heavy atom. The van der Waals surface area contributed by atoms with Crippen molar-refractivity contribution in [1.82, 2.24) is 14.7 Å². The Balaban J connectivity index is 1.87. The molecule has 1 aliphatic carbocycles. The summed E-state index contributed by atoms with van der Waals surface area (Å²) >= 11 is 1.34. The number of aromatic nitrogens is 2. The van der Waals surface area contributed by atoms with Crippen LogP contribution in [0.25, 0.3) is 4.96 Å². The molecule has 3 rings (SSSR count). The maximum absolute atomic E-state index is 12.6. The lowest BCUT2D eigenvalue weighted by molar-refractivity contribution is -0.143. The van der Waals surface area contributed by atoms with E-state index in [0.717, 1.165) is 31.4 Å². The Morgan fingerprint density at radius 1 is 1.28 bits per heavy atom. The molecule has 1 aliphatic rings. The zero-order valence-electron chi connectivity index (χ0n) is 14.0. The van der Waals surface area contributed by atoms with Gasteiger partial charge in [0.2, 0.25) is 0 Å². The maximum atomic E-state index is 12.6. The Hall–Kier alpha value is -2.22. The molecule has 134 valence electrons. The van der Waals surface area contributed by atoms with Crippen LogP contribution in [0, 0.1) is 12.8 Å². The highest BCUT2D eigenvalue weighted by Gasteiger charge is 2.30. The molecule has 0 saturated heterocycles. The van der Waals surface area contributed by atoms with Gasteiger partial charge in [0.1, 0.15) is 5.56 Å². The molecule has 7 nitrogen and oxygen atoms in total. The summed E-state index contributed by atoms with van der Waals surface area (Å²) in [7, 11) is 0. The predicted octanol–water partition coefficient (Wildman–Crippen LogP) is 2.22. The molecule has 1 saturated carbocycles. The maximum Gasteiger partial charge on any atom is 0.308 e. The fourth-order valence-electron chi connectivity index (χ4n) is 3.38. The van der Waals surface area contributed by atoms with E-state index in [1.807, 2.05) is 0 Å². The average Bonchev–Trinajstić information content (AvgIpc) is 2.92. The lowest BCUT2D eigenvalue weighted by Crippen LogP contribution is -2.45. The molecule has 2 aromatic heterocycles. The second-order valence-corrected chi connectivity index (χ2v) is 7.32. The molecule has 8 heteroatoms. The number of aryl methyl sites for hydroxylation is 1. The standard InChI is InChI=1S/C17H21N3O4S/c1-10-9-25-17-18-8-12(15(22)20(10)17)14(21)19-13-7-5-3-2-4-6-11(13)16(23)24/h8-9,11,13H,2-7H2,1H3,(H,19,21)(H,23,24). The second kappa shape index (κ2) is 7.35. The molecule has 2 aromatic rings. The number of nitrogens with one attached hydrogen (secondary N) is 1. The van der Waals surface area contributed by atoms with E-state index in [4.69, 9.17) is 0 Å². The highest BCUT2D eigenvalue weighted by Crippen LogP contribution is 2.23. The first-order valence-corrected chi connectivity index (χ1v) is 9.36. The minimum Gasteiger partial charge on any atom is -0.481 e. The summed E-state index contributed by atoms with van der Waals surface area (Å²) < 4.78 is 1.41. The molecule has 0 aromatic carbocycles. The summed E-state index contributed by atoms with van der Waals surface area (Å²) in [6, 6.07) is -0.464. The number of thiazole rings is 1. The molecular weight excluding hydrogens is 342 g/mol. The summed E-state index contributed by atoms with van der Waals surface area (Å²) in [6.07, 6.45) is 6.19. The van der Waals surface area contributed by atoms with Gasteiger partial charge < -0.3 is 10.4 Å². The van der Waals surface area contributed by atoms with Crippen LogP contribution >= 0.6 is 11.3 Å². The van der Waals surface area contributed by atoms with Gasteiger partial charge in [-0.3, -0.25) is 18.8 Å². The summed E-state index contributed by atoms with van der Waals surface area (Å²) in [5.41, 5.74) is 0.255. The van der Waals surface area contributed by atoms with Crippen LogP contribution in [0.2, 0.25) is 0 Å². The number of hydrogen-bond acceptors (Lipinski definition) is 5. The molecule has 1 amide bonds. The van der Waals surface area contributed by atoms with Crippen LogP contribution in [-0.2, 0) is 4.79 Å². The van der Waals surface area contributed by atoms with E-state index < -0.39 is 29.4 Å². The minimum atomic E-state index is -0.897. The number of carbonyl (C=O) groups is 2. The number of carboxylic acids is 1. The highest BCUT2D eigenvalue weighted by atomic mass is 32.1. The predicted molar refractivity (Wildman–Crippen MR) is 94.2 cm³/mol. The third-order valence-electron chi connectivity index (χ3n) is 4.76. The average molecular weight is 363 g/mol. The third kappa shape index (κ3) is 3.58. The molecule has 0 radical (unpaired) electrons. The van der Waals surface area contributed by atoms with Gasteiger partial charge in [-0.25, -0.2) is 4.98 Å². The van der Waals surface area contributed by atoms with Crippen molar-refractivity contribution in [3.05, 3.63) is 33.2 Å². The van der Waals surface area contributed by atoms with Crippen LogP contribution in [0.15, 0.2) is 16.4 Å². The van der Waals surface area contributed by atoms with Crippen LogP contribution in [0.1, 0.15) is 54.6 Å². The van der Waals surface area contributed by atoms with Gasteiger partial charge in [-0.2, -0.15) is 0 Å². The summed E-state index contributed by atoms with van der Waals surface area (Å²) in [5.74, 6) is -2.06. The molecule has 0 spiro atoms. The van der Waals surface area contributed by atoms with E-state index >= 15 is 0 Å². The number of rotatable bonds is 3. The summed E-state index contributed by atoms with van der Waals surface area (Å²) in [5, 5.41) is 14.1. The van der Waals surface area contributed by atoms with Gasteiger partial charge in [0.05, 0.1) is 5.92 Å². The molecule has 0 bridgehead atoms. The van der Waals surface area contributed by atoms with E-state index in [9.17, 15) is 19.5 Å². The molecule has 1 fully saturated rings. The Kier molecular flexibility index (Phi) is 5.17. The van der Waals surface area contributed by atoms with Crippen LogP contribution in [0.5, 0.6) is 0 Å². The number of nitrogens with zero attached hydrogens (tertiary/aromatic N) is 2. The first kappa shape index (κ1) is 17.6. The van der Waals surface area contributed by atoms with Crippen LogP contribution in [0.3, 0.4) is 0 Å². The van der Waals surface area contributed by atoms with Gasteiger partial charge in [-0.1, -0.05) is 25.7 Å². The molecule has 25 heavy (non-hydrogen) atoms. The van der Waals surface area contributed by atoms with E-state index in [0.29, 0.717) is 17.8 Å². The van der Waals surface area contributed by atoms with E-state index in [1.54, 1.807) is 12.3 Å². The largest absolute Gasteiger partial charge is 0.481 e. The summed E-state index contributed by atoms with van der Waals surface area (Å²) in [6.45, 7) is 1.78. The van der Waals surface area contributed by atoms with Crippen molar-refractivity contribution in [2.24, 2.45) is 5.92 Å². The van der Waals surface area contributed by atoms with Crippen molar-refractivity contribution in [2.45, 2.75) is 51.5 Å². The van der Waals surface area contributed by atoms with Crippen LogP contribution < -0.4 is 10.9 Å². The normalized spacial score (nSPS) is 21.5. The van der Waals surface area contributed by atoms with E-state index in [1.165, 1.54) is 21.9 Å². The van der Waals surface area contributed by atoms with Gasteiger partial charge >= 0.3 is 5.97 Å². The monoisotopic (exact) mass is 363 g/mol. The van der Waals surface area contributed by atoms with Crippen molar-refractivity contribution >= 4 is 28.2 Å². The SMILES string of the molecule is Cc1csc2ncc(C(=O)NC3CCCCCCC3C(=O)O)c(=O)n12. The number of fused-ring (bicyclic) bond motifs is 1. The first-order valence-electron chi connectivity index (χ1n) is 8.48.